The highest BCUT2D eigenvalue weighted by molar-refractivity contribution is 6.34. The van der Waals surface area contributed by atoms with Gasteiger partial charge in [0.15, 0.2) is 34.7 Å². The highest BCUT2D eigenvalue weighted by Crippen LogP contribution is 2.33. The van der Waals surface area contributed by atoms with Crippen molar-refractivity contribution in [2.24, 2.45) is 0 Å². The van der Waals surface area contributed by atoms with Crippen molar-refractivity contribution in [1.82, 2.24) is 14.9 Å². The van der Waals surface area contributed by atoms with Crippen LogP contribution in [-0.2, 0) is 0 Å². The molecular weight excluding hydrogens is 1010 g/mol. The van der Waals surface area contributed by atoms with Gasteiger partial charge in [0, 0.05) is 46.2 Å². The number of hydrogen-bond acceptors (Lipinski definition) is 10. The summed E-state index contributed by atoms with van der Waals surface area (Å²) < 4.78 is 73.1. The third-order valence-corrected chi connectivity index (χ3v) is 11.7. The van der Waals surface area contributed by atoms with Gasteiger partial charge in [-0.2, -0.15) is 5.26 Å². The lowest BCUT2D eigenvalue weighted by Crippen LogP contribution is -2.30. The van der Waals surface area contributed by atoms with Crippen LogP contribution in [0.1, 0.15) is 76.9 Å². The lowest BCUT2D eigenvalue weighted by molar-refractivity contribution is 0.0772. The number of aromatic amines is 1. The van der Waals surface area contributed by atoms with Crippen molar-refractivity contribution >= 4 is 39.1 Å². The molecule has 0 atom stereocenters. The molecule has 0 radical (unpaired) electrons. The molecule has 0 saturated carbocycles. The number of H-pyrrole nitrogens is 1. The Balaban J connectivity index is 0.000000195. The van der Waals surface area contributed by atoms with Crippen molar-refractivity contribution < 1.29 is 46.4 Å². The van der Waals surface area contributed by atoms with Crippen molar-refractivity contribution in [3.8, 4) is 63.1 Å². The summed E-state index contributed by atoms with van der Waals surface area (Å²) in [6.07, 6.45) is -0.272. The number of methoxy groups -OCH3 is 3. The molecule has 0 fully saturated rings. The van der Waals surface area contributed by atoms with E-state index < -0.39 is 17.5 Å². The van der Waals surface area contributed by atoms with Gasteiger partial charge in [0.1, 0.15) is 22.4 Å². The summed E-state index contributed by atoms with van der Waals surface area (Å²) in [5.74, 6) is 1.48. The van der Waals surface area contributed by atoms with Gasteiger partial charge in [0.2, 0.25) is 0 Å². The molecule has 77 heavy (non-hydrogen) atoms. The molecule has 16 heteroatoms. The molecule has 6 aromatic carbocycles. The molecular formula is C61H64ClF3N4O8. The van der Waals surface area contributed by atoms with Crippen LogP contribution in [0, 0.1) is 35.7 Å². The Labute approximate surface area is 452 Å². The molecule has 0 unspecified atom stereocenters. The molecule has 0 bridgehead atoms. The number of aryl methyl sites for hydroxylation is 1. The molecule has 1 amide bonds. The van der Waals surface area contributed by atoms with Gasteiger partial charge in [-0.15, -0.1) is 0 Å². The minimum Gasteiger partial charge on any atom is -0.497 e. The Bertz CT molecular complexity index is 3410. The number of nitriles is 1. The fourth-order valence-corrected chi connectivity index (χ4v) is 7.89. The lowest BCUT2D eigenvalue weighted by atomic mass is 10.1. The molecule has 0 aliphatic heterocycles. The minimum absolute atomic E-state index is 0.0672. The minimum atomic E-state index is -0.493. The van der Waals surface area contributed by atoms with Crippen LogP contribution in [0.5, 0.6) is 34.5 Å². The number of fused-ring (bicyclic) bond motifs is 2. The summed E-state index contributed by atoms with van der Waals surface area (Å²) in [5, 5.41) is 11.8. The van der Waals surface area contributed by atoms with Crippen molar-refractivity contribution in [3.63, 3.8) is 0 Å². The maximum atomic E-state index is 14.2. The van der Waals surface area contributed by atoms with E-state index in [2.05, 4.69) is 9.97 Å². The van der Waals surface area contributed by atoms with E-state index in [1.54, 1.807) is 69.9 Å². The number of rotatable bonds is 14. The smallest absolute Gasteiger partial charge is 0.256 e. The first kappa shape index (κ1) is 59.7. The van der Waals surface area contributed by atoms with Crippen LogP contribution in [0.3, 0.4) is 0 Å². The first-order valence-corrected chi connectivity index (χ1v) is 25.2. The van der Waals surface area contributed by atoms with Gasteiger partial charge in [-0.3, -0.25) is 9.59 Å². The average molecular weight is 1070 g/mol. The van der Waals surface area contributed by atoms with Crippen LogP contribution in [0.2, 0.25) is 5.15 Å². The van der Waals surface area contributed by atoms with Crippen molar-refractivity contribution in [2.75, 3.05) is 34.4 Å². The number of aromatic nitrogens is 2. The molecule has 0 spiro atoms. The maximum Gasteiger partial charge on any atom is 0.256 e. The zero-order chi connectivity index (χ0) is 56.5. The van der Waals surface area contributed by atoms with Gasteiger partial charge >= 0.3 is 0 Å². The van der Waals surface area contributed by atoms with Crippen LogP contribution in [0.25, 0.3) is 44.1 Å². The van der Waals surface area contributed by atoms with E-state index >= 15 is 0 Å². The van der Waals surface area contributed by atoms with Gasteiger partial charge in [-0.1, -0.05) is 11.6 Å². The highest BCUT2D eigenvalue weighted by Gasteiger charge is 2.16. The van der Waals surface area contributed by atoms with E-state index in [1.807, 2.05) is 116 Å². The number of ether oxygens (including phenoxy) is 6. The second-order valence-electron chi connectivity index (χ2n) is 18.1. The second-order valence-corrected chi connectivity index (χ2v) is 18.4. The number of benzene rings is 6. The number of amides is 1. The zero-order valence-electron chi connectivity index (χ0n) is 45.3. The second kappa shape index (κ2) is 28.1. The number of nitrogens with one attached hydrogen (secondary N) is 1. The summed E-state index contributed by atoms with van der Waals surface area (Å²) >= 11 is 6.28. The third kappa shape index (κ3) is 16.4. The molecule has 8 aromatic rings. The predicted octanol–water partition coefficient (Wildman–Crippen LogP) is 14.6. The lowest BCUT2D eigenvalue weighted by Gasteiger charge is -2.19. The van der Waals surface area contributed by atoms with Gasteiger partial charge in [0.25, 0.3) is 11.5 Å². The normalized spacial score (nSPS) is 10.6. The van der Waals surface area contributed by atoms with Crippen molar-refractivity contribution in [2.45, 2.75) is 80.6 Å². The number of pyridine rings is 2. The highest BCUT2D eigenvalue weighted by atomic mass is 35.5. The van der Waals surface area contributed by atoms with Gasteiger partial charge in [-0.25, -0.2) is 18.2 Å². The third-order valence-electron chi connectivity index (χ3n) is 11.4. The fourth-order valence-electron chi connectivity index (χ4n) is 7.63. The molecule has 1 N–H and O–H groups in total. The standard InChI is InChI=1S/C19H17ClFNO2.C19H18FNO3.C13H19NO2.C10H10FNO/c1-11(2)24-18-7-4-12(9-16(18)21)17-10-13-8-14(23-3)5-6-15(13)19(20)22-17;1-11(2)24-18-7-4-12(9-16(18)20)17-10-13-8-14(23-3)5-6-15(13)19(22)21-17;1-5-14(6-2)13(15)12-8-7-11(16-4)9-10(12)3;1-7(2)13-10-4-3-8(6-12)5-9(10)11/h4-11H,1-3H3;4-11H,1-3H3,(H,21,22);7-9H,5-6H2,1-4H3;3-5,7H,1-2H3. The maximum absolute atomic E-state index is 14.2. The van der Waals surface area contributed by atoms with Gasteiger partial charge in [0.05, 0.1) is 57.0 Å². The molecule has 0 aliphatic rings. The van der Waals surface area contributed by atoms with E-state index in [0.29, 0.717) is 44.4 Å². The molecule has 8 rings (SSSR count). The first-order chi connectivity index (χ1) is 36.7. The molecule has 404 valence electrons. The Morgan fingerprint density at radius 3 is 1.57 bits per heavy atom. The van der Waals surface area contributed by atoms with Gasteiger partial charge < -0.3 is 38.3 Å². The SMILES string of the molecule is CC(C)Oc1ccc(C#N)cc1F.CCN(CC)C(=O)c1ccc(OC)cc1C.COc1ccc2c(=O)[nH]c(-c3ccc(OC(C)C)c(F)c3)cc2c1.COc1ccc2c(Cl)nc(-c3ccc(OC(C)C)c(F)c3)cc2c1. The Kier molecular flexibility index (Phi) is 21.7. The number of carbonyl (C=O) groups excluding carboxylic acids is 1. The summed E-state index contributed by atoms with van der Waals surface area (Å²) in [4.78, 5) is 33.3. The Morgan fingerprint density at radius 1 is 0.623 bits per heavy atom. The fraction of sp³-hybridized carbons (Fsp3) is 0.279. The molecule has 12 nitrogen and oxygen atoms in total. The summed E-state index contributed by atoms with van der Waals surface area (Å²) in [5.41, 5.74) is 4.12. The average Bonchev–Trinajstić information content (AvgIpc) is 3.40. The largest absolute Gasteiger partial charge is 0.497 e. The molecule has 0 aliphatic carbocycles. The van der Waals surface area contributed by atoms with E-state index in [0.717, 1.165) is 57.9 Å². The zero-order valence-corrected chi connectivity index (χ0v) is 46.1. The quantitative estimate of drug-likeness (QED) is 0.104. The Hall–Kier alpha value is -8.22. The van der Waals surface area contributed by atoms with E-state index in [9.17, 15) is 22.8 Å². The predicted molar refractivity (Wildman–Crippen MR) is 299 cm³/mol. The summed E-state index contributed by atoms with van der Waals surface area (Å²) in [6.45, 7) is 18.4. The van der Waals surface area contributed by atoms with Crippen LogP contribution in [0.15, 0.2) is 126 Å². The van der Waals surface area contributed by atoms with Crippen molar-refractivity contribution in [3.05, 3.63) is 171 Å². The van der Waals surface area contributed by atoms with E-state index in [4.69, 9.17) is 45.3 Å². The summed E-state index contributed by atoms with van der Waals surface area (Å²) in [6, 6.07) is 35.4. The van der Waals surface area contributed by atoms with Crippen molar-refractivity contribution in [1.29, 1.82) is 5.26 Å². The molecule has 0 saturated heterocycles. The number of nitrogens with zero attached hydrogens (tertiary/aromatic N) is 3. The topological polar surface area (TPSA) is 145 Å². The number of halogens is 4. The molecule has 2 aromatic heterocycles. The van der Waals surface area contributed by atoms with Crippen LogP contribution < -0.4 is 34.0 Å². The summed E-state index contributed by atoms with van der Waals surface area (Å²) in [7, 11) is 4.80. The first-order valence-electron chi connectivity index (χ1n) is 24.8. The number of hydrogen-bond donors (Lipinski definition) is 1. The Morgan fingerprint density at radius 2 is 1.09 bits per heavy atom. The monoisotopic (exact) mass is 1070 g/mol. The molecule has 2 heterocycles. The van der Waals surface area contributed by atoms with Crippen LogP contribution in [-0.4, -0.2) is 73.5 Å². The van der Waals surface area contributed by atoms with E-state index in [1.165, 1.54) is 24.3 Å². The number of carbonyl (C=O) groups is 1. The van der Waals surface area contributed by atoms with Gasteiger partial charge in [-0.05, 0) is 200 Å². The van der Waals surface area contributed by atoms with E-state index in [-0.39, 0.29) is 47.0 Å². The van der Waals surface area contributed by atoms with Crippen LogP contribution >= 0.6 is 11.6 Å². The van der Waals surface area contributed by atoms with Crippen LogP contribution in [0.4, 0.5) is 13.2 Å².